The lowest BCUT2D eigenvalue weighted by Gasteiger charge is -2.08. The molecule has 0 amide bonds. The average Bonchev–Trinajstić information content (AvgIpc) is 2.67. The summed E-state index contributed by atoms with van der Waals surface area (Å²) < 4.78 is 38.2. The Morgan fingerprint density at radius 3 is 2.47 bits per heavy atom. The molecule has 2 aromatic heterocycles. The van der Waals surface area contributed by atoms with E-state index in [-0.39, 0.29) is 5.82 Å². The van der Waals surface area contributed by atoms with Gasteiger partial charge in [-0.3, -0.25) is 0 Å². The van der Waals surface area contributed by atoms with E-state index in [0.29, 0.717) is 0 Å². The third-order valence-electron chi connectivity index (χ3n) is 1.80. The molecule has 0 unspecified atom stereocenters. The van der Waals surface area contributed by atoms with E-state index in [2.05, 4.69) is 10.1 Å². The first kappa shape index (κ1) is 9.70. The second kappa shape index (κ2) is 3.38. The van der Waals surface area contributed by atoms with Gasteiger partial charge in [0.15, 0.2) is 5.82 Å². The maximum atomic E-state index is 12.5. The fourth-order valence-electron chi connectivity index (χ4n) is 1.18. The summed E-state index contributed by atoms with van der Waals surface area (Å²) >= 11 is 0. The number of aromatic nitrogens is 3. The van der Waals surface area contributed by atoms with Crippen LogP contribution in [0.4, 0.5) is 13.2 Å². The molecule has 0 aliphatic heterocycles. The number of halogens is 3. The van der Waals surface area contributed by atoms with Crippen molar-refractivity contribution in [2.45, 2.75) is 6.18 Å². The van der Waals surface area contributed by atoms with Crippen LogP contribution in [0.1, 0.15) is 5.69 Å². The molecule has 0 N–H and O–H groups in total. The van der Waals surface area contributed by atoms with Crippen LogP contribution in [0.5, 0.6) is 0 Å². The van der Waals surface area contributed by atoms with Crippen molar-refractivity contribution in [3.05, 3.63) is 42.4 Å². The van der Waals surface area contributed by atoms with Crippen LogP contribution in [0.3, 0.4) is 0 Å². The summed E-state index contributed by atoms with van der Waals surface area (Å²) in [5, 5.41) is 3.59. The van der Waals surface area contributed by atoms with Crippen molar-refractivity contribution in [2.24, 2.45) is 0 Å². The molecule has 2 aromatic rings. The summed E-state index contributed by atoms with van der Waals surface area (Å²) in [6.45, 7) is 0. The average molecular weight is 213 g/mol. The van der Waals surface area contributed by atoms with Crippen molar-refractivity contribution in [1.82, 2.24) is 14.8 Å². The Hall–Kier alpha value is -1.85. The molecule has 0 fully saturated rings. The molecular formula is C9H6F3N3. The van der Waals surface area contributed by atoms with Gasteiger partial charge in [0.2, 0.25) is 0 Å². The van der Waals surface area contributed by atoms with Gasteiger partial charge < -0.3 is 0 Å². The number of pyridine rings is 1. The highest BCUT2D eigenvalue weighted by atomic mass is 19.4. The summed E-state index contributed by atoms with van der Waals surface area (Å²) in [7, 11) is 0. The molecule has 3 nitrogen and oxygen atoms in total. The van der Waals surface area contributed by atoms with Gasteiger partial charge in [0.25, 0.3) is 0 Å². The van der Waals surface area contributed by atoms with Crippen LogP contribution in [0.15, 0.2) is 36.7 Å². The Balaban J connectivity index is 2.51. The van der Waals surface area contributed by atoms with Crippen LogP contribution < -0.4 is 0 Å². The minimum absolute atomic E-state index is 0.148. The number of nitrogens with zero attached hydrogens (tertiary/aromatic N) is 3. The maximum Gasteiger partial charge on any atom is 0.433 e. The Morgan fingerprint density at radius 2 is 1.87 bits per heavy atom. The van der Waals surface area contributed by atoms with Gasteiger partial charge >= 0.3 is 6.18 Å². The van der Waals surface area contributed by atoms with E-state index in [9.17, 15) is 13.2 Å². The Morgan fingerprint density at radius 1 is 1.07 bits per heavy atom. The molecule has 0 atom stereocenters. The number of alkyl halides is 3. The van der Waals surface area contributed by atoms with Crippen LogP contribution in [0.2, 0.25) is 0 Å². The summed E-state index contributed by atoms with van der Waals surface area (Å²) in [4.78, 5) is 3.80. The first-order valence-electron chi connectivity index (χ1n) is 4.11. The van der Waals surface area contributed by atoms with E-state index in [1.807, 2.05) is 0 Å². The first-order valence-corrected chi connectivity index (χ1v) is 4.11. The lowest BCUT2D eigenvalue weighted by Crippen LogP contribution is -2.13. The summed E-state index contributed by atoms with van der Waals surface area (Å²) in [6.07, 6.45) is -1.91. The van der Waals surface area contributed by atoms with Crippen LogP contribution >= 0.6 is 0 Å². The monoisotopic (exact) mass is 213 g/mol. The molecule has 0 aromatic carbocycles. The van der Waals surface area contributed by atoms with Gasteiger partial charge in [-0.05, 0) is 18.2 Å². The fourth-order valence-corrected chi connectivity index (χ4v) is 1.18. The molecule has 0 spiro atoms. The predicted octanol–water partition coefficient (Wildman–Crippen LogP) is 2.29. The molecule has 0 aliphatic rings. The SMILES string of the molecule is FC(F)(F)c1ccnn1-c1ccccn1. The van der Waals surface area contributed by atoms with Crippen molar-refractivity contribution >= 4 is 0 Å². The molecule has 2 heterocycles. The molecule has 6 heteroatoms. The smallest absolute Gasteiger partial charge is 0.237 e. The Bertz CT molecular complexity index is 447. The first-order chi connectivity index (χ1) is 7.09. The molecule has 2 rings (SSSR count). The molecule has 15 heavy (non-hydrogen) atoms. The van der Waals surface area contributed by atoms with E-state index in [1.165, 1.54) is 12.3 Å². The standard InChI is InChI=1S/C9H6F3N3/c10-9(11,12)7-4-6-14-15(7)8-3-1-2-5-13-8/h1-6H. The fraction of sp³-hybridized carbons (Fsp3) is 0.111. The molecule has 0 saturated heterocycles. The number of hydrogen-bond acceptors (Lipinski definition) is 2. The normalized spacial score (nSPS) is 11.7. The highest BCUT2D eigenvalue weighted by Crippen LogP contribution is 2.29. The van der Waals surface area contributed by atoms with Crippen molar-refractivity contribution in [3.8, 4) is 5.82 Å². The summed E-state index contributed by atoms with van der Waals surface area (Å²) in [6, 6.07) is 5.60. The topological polar surface area (TPSA) is 30.7 Å². The zero-order valence-corrected chi connectivity index (χ0v) is 7.44. The lowest BCUT2D eigenvalue weighted by molar-refractivity contribution is -0.142. The molecular weight excluding hydrogens is 207 g/mol. The second-order valence-corrected chi connectivity index (χ2v) is 2.81. The second-order valence-electron chi connectivity index (χ2n) is 2.81. The van der Waals surface area contributed by atoms with E-state index < -0.39 is 11.9 Å². The maximum absolute atomic E-state index is 12.5. The lowest BCUT2D eigenvalue weighted by atomic mass is 10.4. The highest BCUT2D eigenvalue weighted by Gasteiger charge is 2.35. The van der Waals surface area contributed by atoms with E-state index >= 15 is 0 Å². The van der Waals surface area contributed by atoms with Crippen LogP contribution in [0.25, 0.3) is 5.82 Å². The van der Waals surface area contributed by atoms with Gasteiger partial charge in [0.05, 0.1) is 6.20 Å². The van der Waals surface area contributed by atoms with Crippen LogP contribution in [-0.2, 0) is 6.18 Å². The predicted molar refractivity (Wildman–Crippen MR) is 46.4 cm³/mol. The summed E-state index contributed by atoms with van der Waals surface area (Å²) in [5.41, 5.74) is -0.832. The Kier molecular flexibility index (Phi) is 2.18. The molecule has 78 valence electrons. The largest absolute Gasteiger partial charge is 0.433 e. The van der Waals surface area contributed by atoms with Gasteiger partial charge in [-0.25, -0.2) is 9.67 Å². The van der Waals surface area contributed by atoms with Crippen LogP contribution in [-0.4, -0.2) is 14.8 Å². The van der Waals surface area contributed by atoms with Crippen molar-refractivity contribution in [2.75, 3.05) is 0 Å². The van der Waals surface area contributed by atoms with Gasteiger partial charge in [0, 0.05) is 6.20 Å². The zero-order valence-electron chi connectivity index (χ0n) is 7.44. The minimum Gasteiger partial charge on any atom is -0.237 e. The molecule has 0 saturated carbocycles. The van der Waals surface area contributed by atoms with Crippen molar-refractivity contribution < 1.29 is 13.2 Å². The zero-order chi connectivity index (χ0) is 10.9. The van der Waals surface area contributed by atoms with Gasteiger partial charge in [-0.15, -0.1) is 0 Å². The Labute approximate surface area is 83.2 Å². The van der Waals surface area contributed by atoms with Gasteiger partial charge in [-0.2, -0.15) is 18.3 Å². The number of rotatable bonds is 1. The van der Waals surface area contributed by atoms with E-state index in [0.717, 1.165) is 16.9 Å². The quantitative estimate of drug-likeness (QED) is 0.727. The third kappa shape index (κ3) is 1.83. The van der Waals surface area contributed by atoms with E-state index in [4.69, 9.17) is 0 Å². The van der Waals surface area contributed by atoms with Gasteiger partial charge in [-0.1, -0.05) is 6.07 Å². The molecule has 0 aliphatic carbocycles. The van der Waals surface area contributed by atoms with Crippen molar-refractivity contribution in [1.29, 1.82) is 0 Å². The van der Waals surface area contributed by atoms with Gasteiger partial charge in [0.1, 0.15) is 5.69 Å². The van der Waals surface area contributed by atoms with E-state index in [1.54, 1.807) is 12.1 Å². The third-order valence-corrected chi connectivity index (χ3v) is 1.80. The number of hydrogen-bond donors (Lipinski definition) is 0. The molecule has 0 radical (unpaired) electrons. The molecule has 0 bridgehead atoms. The van der Waals surface area contributed by atoms with Crippen molar-refractivity contribution in [3.63, 3.8) is 0 Å². The van der Waals surface area contributed by atoms with Crippen LogP contribution in [0, 0.1) is 0 Å². The highest BCUT2D eigenvalue weighted by molar-refractivity contribution is 5.24. The minimum atomic E-state index is -4.42. The summed E-state index contributed by atoms with van der Waals surface area (Å²) in [5.74, 6) is 0.148.